The molecule has 0 unspecified atom stereocenters. The van der Waals surface area contributed by atoms with E-state index in [1.807, 2.05) is 19.1 Å². The van der Waals surface area contributed by atoms with Crippen molar-refractivity contribution in [1.29, 1.82) is 0 Å². The number of carboxylic acids is 1. The Balaban J connectivity index is 1.94. The molecule has 0 amide bonds. The molecule has 27 heavy (non-hydrogen) atoms. The quantitative estimate of drug-likeness (QED) is 0.489. The van der Waals surface area contributed by atoms with Gasteiger partial charge in [-0.2, -0.15) is 0 Å². The van der Waals surface area contributed by atoms with Gasteiger partial charge >= 0.3 is 5.97 Å². The van der Waals surface area contributed by atoms with Crippen molar-refractivity contribution in [2.45, 2.75) is 33.6 Å². The minimum absolute atomic E-state index is 0.149. The standard InChI is InChI=1S/C20H19Cl2NO3S/c1-10(2)6-17-23-15-4-5-16(11(3)20(15)27-17)26-19-13(21)7-12(8-14(19)22)9-18(24)25/h4-5,7-8,10H,6,9H2,1-3H3,(H,24,25). The van der Waals surface area contributed by atoms with Gasteiger partial charge in [0.15, 0.2) is 5.75 Å². The van der Waals surface area contributed by atoms with Gasteiger partial charge in [-0.05, 0) is 42.7 Å². The number of nitrogens with zero attached hydrogens (tertiary/aromatic N) is 1. The first-order chi connectivity index (χ1) is 12.7. The van der Waals surface area contributed by atoms with E-state index in [9.17, 15) is 4.79 Å². The zero-order valence-electron chi connectivity index (χ0n) is 15.2. The third-order valence-electron chi connectivity index (χ3n) is 4.01. The summed E-state index contributed by atoms with van der Waals surface area (Å²) in [5.41, 5.74) is 2.45. The molecule has 0 radical (unpaired) electrons. The average molecular weight is 424 g/mol. The largest absolute Gasteiger partial charge is 0.481 e. The van der Waals surface area contributed by atoms with E-state index in [1.54, 1.807) is 23.5 Å². The van der Waals surface area contributed by atoms with Gasteiger partial charge in [-0.3, -0.25) is 4.79 Å². The summed E-state index contributed by atoms with van der Waals surface area (Å²) in [4.78, 5) is 15.6. The zero-order chi connectivity index (χ0) is 19.7. The molecule has 1 N–H and O–H groups in total. The van der Waals surface area contributed by atoms with Gasteiger partial charge in [0, 0.05) is 12.0 Å². The number of thiazole rings is 1. The van der Waals surface area contributed by atoms with Crippen molar-refractivity contribution in [3.63, 3.8) is 0 Å². The molecule has 7 heteroatoms. The molecule has 0 saturated heterocycles. The Morgan fingerprint density at radius 2 is 1.93 bits per heavy atom. The molecule has 2 aromatic carbocycles. The van der Waals surface area contributed by atoms with E-state index >= 15 is 0 Å². The summed E-state index contributed by atoms with van der Waals surface area (Å²) in [5, 5.41) is 10.6. The second-order valence-corrected chi connectivity index (χ2v) is 8.70. The fourth-order valence-corrected chi connectivity index (χ4v) is 4.67. The number of ether oxygens (including phenoxy) is 1. The lowest BCUT2D eigenvalue weighted by molar-refractivity contribution is -0.136. The van der Waals surface area contributed by atoms with Crippen LogP contribution in [-0.4, -0.2) is 16.1 Å². The molecule has 4 nitrogen and oxygen atoms in total. The number of halogens is 2. The van der Waals surface area contributed by atoms with Crippen LogP contribution in [0, 0.1) is 12.8 Å². The highest BCUT2D eigenvalue weighted by atomic mass is 35.5. The third-order valence-corrected chi connectivity index (χ3v) is 5.78. The van der Waals surface area contributed by atoms with Gasteiger partial charge in [0.25, 0.3) is 0 Å². The van der Waals surface area contributed by atoms with Crippen LogP contribution in [0.3, 0.4) is 0 Å². The van der Waals surface area contributed by atoms with Crippen LogP contribution in [0.25, 0.3) is 10.2 Å². The van der Waals surface area contributed by atoms with Crippen molar-refractivity contribution >= 4 is 50.7 Å². The van der Waals surface area contributed by atoms with E-state index in [1.165, 1.54) is 0 Å². The Morgan fingerprint density at radius 3 is 2.52 bits per heavy atom. The van der Waals surface area contributed by atoms with Crippen molar-refractivity contribution in [2.75, 3.05) is 0 Å². The number of benzene rings is 2. The van der Waals surface area contributed by atoms with Crippen molar-refractivity contribution in [1.82, 2.24) is 4.98 Å². The third kappa shape index (κ3) is 4.54. The number of fused-ring (bicyclic) bond motifs is 1. The van der Waals surface area contributed by atoms with Crippen LogP contribution in [-0.2, 0) is 17.6 Å². The molecule has 142 valence electrons. The minimum Gasteiger partial charge on any atom is -0.481 e. The van der Waals surface area contributed by atoms with Gasteiger partial charge < -0.3 is 9.84 Å². The van der Waals surface area contributed by atoms with E-state index < -0.39 is 5.97 Å². The van der Waals surface area contributed by atoms with Crippen LogP contribution in [0.15, 0.2) is 24.3 Å². The van der Waals surface area contributed by atoms with E-state index in [0.29, 0.717) is 23.0 Å². The van der Waals surface area contributed by atoms with E-state index in [0.717, 1.165) is 27.2 Å². The van der Waals surface area contributed by atoms with Crippen molar-refractivity contribution < 1.29 is 14.6 Å². The molecule has 1 aromatic heterocycles. The molecule has 3 rings (SSSR count). The lowest BCUT2D eigenvalue weighted by atomic mass is 10.1. The zero-order valence-corrected chi connectivity index (χ0v) is 17.5. The molecule has 0 saturated carbocycles. The van der Waals surface area contributed by atoms with Gasteiger partial charge in [0.05, 0.1) is 31.7 Å². The molecule has 0 aliphatic heterocycles. The Hall–Kier alpha value is -1.82. The Labute approximate surface area is 171 Å². The first-order valence-corrected chi connectivity index (χ1v) is 10.1. The number of carboxylic acid groups (broad SMARTS) is 1. The van der Waals surface area contributed by atoms with E-state index in [2.05, 4.69) is 13.8 Å². The molecule has 1 heterocycles. The van der Waals surface area contributed by atoms with Gasteiger partial charge in [-0.1, -0.05) is 37.0 Å². The molecule has 3 aromatic rings. The second kappa shape index (κ2) is 8.05. The smallest absolute Gasteiger partial charge is 0.307 e. The predicted octanol–water partition coefficient (Wildman–Crippen LogP) is 6.53. The summed E-state index contributed by atoms with van der Waals surface area (Å²) < 4.78 is 7.08. The molecule has 0 fully saturated rings. The Morgan fingerprint density at radius 1 is 1.26 bits per heavy atom. The van der Waals surface area contributed by atoms with Crippen molar-refractivity contribution in [3.05, 3.63) is 50.4 Å². The van der Waals surface area contributed by atoms with E-state index in [4.69, 9.17) is 38.0 Å². The average Bonchev–Trinajstić information content (AvgIpc) is 2.94. The Bertz CT molecular complexity index is 991. The Kier molecular flexibility index (Phi) is 5.94. The number of aliphatic carboxylic acids is 1. The molecular weight excluding hydrogens is 405 g/mol. The summed E-state index contributed by atoms with van der Waals surface area (Å²) in [7, 11) is 0. The highest BCUT2D eigenvalue weighted by Gasteiger charge is 2.16. The topological polar surface area (TPSA) is 59.4 Å². The highest BCUT2D eigenvalue weighted by Crippen LogP contribution is 2.40. The predicted molar refractivity (Wildman–Crippen MR) is 111 cm³/mol. The maximum absolute atomic E-state index is 10.9. The van der Waals surface area contributed by atoms with Crippen LogP contribution in [0.1, 0.15) is 30.0 Å². The number of aryl methyl sites for hydroxylation is 1. The van der Waals surface area contributed by atoms with Crippen LogP contribution < -0.4 is 4.74 Å². The second-order valence-electron chi connectivity index (χ2n) is 6.80. The molecule has 0 atom stereocenters. The van der Waals surface area contributed by atoms with Crippen molar-refractivity contribution in [2.24, 2.45) is 5.92 Å². The fourth-order valence-electron chi connectivity index (χ4n) is 2.79. The molecule has 0 bridgehead atoms. The van der Waals surface area contributed by atoms with Gasteiger partial charge in [-0.25, -0.2) is 4.98 Å². The number of aromatic nitrogens is 1. The molecule has 0 aliphatic carbocycles. The number of carbonyl (C=O) groups is 1. The SMILES string of the molecule is Cc1c(Oc2c(Cl)cc(CC(=O)O)cc2Cl)ccc2nc(CC(C)C)sc12. The summed E-state index contributed by atoms with van der Waals surface area (Å²) in [6, 6.07) is 6.92. The lowest BCUT2D eigenvalue weighted by Gasteiger charge is -2.13. The normalized spacial score (nSPS) is 11.3. The number of rotatable bonds is 6. The molecular formula is C20H19Cl2NO3S. The van der Waals surface area contributed by atoms with Crippen LogP contribution in [0.5, 0.6) is 11.5 Å². The van der Waals surface area contributed by atoms with Gasteiger partial charge in [0.1, 0.15) is 5.75 Å². The monoisotopic (exact) mass is 423 g/mol. The van der Waals surface area contributed by atoms with Crippen LogP contribution >= 0.6 is 34.5 Å². The summed E-state index contributed by atoms with van der Waals surface area (Å²) in [6.45, 7) is 6.33. The summed E-state index contributed by atoms with van der Waals surface area (Å²) in [5.74, 6) is 0.571. The maximum atomic E-state index is 10.9. The molecule has 0 spiro atoms. The van der Waals surface area contributed by atoms with Gasteiger partial charge in [-0.15, -0.1) is 11.3 Å². The van der Waals surface area contributed by atoms with Gasteiger partial charge in [0.2, 0.25) is 0 Å². The van der Waals surface area contributed by atoms with Crippen LogP contribution in [0.4, 0.5) is 0 Å². The lowest BCUT2D eigenvalue weighted by Crippen LogP contribution is -2.00. The van der Waals surface area contributed by atoms with E-state index in [-0.39, 0.29) is 16.5 Å². The number of hydrogen-bond acceptors (Lipinski definition) is 4. The first-order valence-electron chi connectivity index (χ1n) is 8.51. The van der Waals surface area contributed by atoms with Crippen LogP contribution in [0.2, 0.25) is 10.0 Å². The maximum Gasteiger partial charge on any atom is 0.307 e. The van der Waals surface area contributed by atoms with Crippen molar-refractivity contribution in [3.8, 4) is 11.5 Å². The summed E-state index contributed by atoms with van der Waals surface area (Å²) in [6.07, 6.45) is 0.794. The highest BCUT2D eigenvalue weighted by molar-refractivity contribution is 7.18. The first kappa shape index (κ1) is 19.9. The fraction of sp³-hybridized carbons (Fsp3) is 0.300. The number of hydrogen-bond donors (Lipinski definition) is 1. The molecule has 0 aliphatic rings. The summed E-state index contributed by atoms with van der Waals surface area (Å²) >= 11 is 14.2. The minimum atomic E-state index is -0.945.